The molecule has 2 fully saturated rings. The van der Waals surface area contributed by atoms with Gasteiger partial charge in [-0.15, -0.1) is 0 Å². The van der Waals surface area contributed by atoms with E-state index >= 15 is 0 Å². The van der Waals surface area contributed by atoms with Gasteiger partial charge in [0.05, 0.1) is 24.7 Å². The normalized spacial score (nSPS) is 36.0. The number of esters is 1. The summed E-state index contributed by atoms with van der Waals surface area (Å²) in [7, 11) is 1.75. The number of hydrogen-bond acceptors (Lipinski definition) is 5. The highest BCUT2D eigenvalue weighted by molar-refractivity contribution is 5.72. The molecule has 0 amide bonds. The fraction of sp³-hybridized carbons (Fsp3) is 0.938. The molecule has 2 rings (SSSR count). The Bertz CT molecular complexity index is 328. The predicted molar refractivity (Wildman–Crippen MR) is 80.1 cm³/mol. The Balaban J connectivity index is 1.70. The van der Waals surface area contributed by atoms with Gasteiger partial charge in [0, 0.05) is 25.8 Å². The quantitative estimate of drug-likeness (QED) is 0.728. The SMILES string of the molecule is CCOC(=O)C1CCC(NC2CC(OCC)C2OC)CC1. The largest absolute Gasteiger partial charge is 0.466 e. The number of carbonyl (C=O) groups is 1. The van der Waals surface area contributed by atoms with E-state index in [9.17, 15) is 4.79 Å². The lowest BCUT2D eigenvalue weighted by Gasteiger charge is -2.45. The number of ether oxygens (including phenoxy) is 3. The van der Waals surface area contributed by atoms with Gasteiger partial charge in [-0.3, -0.25) is 4.79 Å². The molecule has 1 N–H and O–H groups in total. The fourth-order valence-electron chi connectivity index (χ4n) is 3.50. The van der Waals surface area contributed by atoms with Gasteiger partial charge >= 0.3 is 5.97 Å². The molecule has 122 valence electrons. The van der Waals surface area contributed by atoms with Crippen molar-refractivity contribution in [3.8, 4) is 0 Å². The zero-order valence-corrected chi connectivity index (χ0v) is 13.5. The minimum absolute atomic E-state index is 0.0224. The number of carbonyl (C=O) groups excluding carboxylic acids is 1. The van der Waals surface area contributed by atoms with Crippen LogP contribution in [-0.2, 0) is 19.0 Å². The van der Waals surface area contributed by atoms with Crippen LogP contribution in [0.1, 0.15) is 46.0 Å². The molecule has 0 spiro atoms. The second-order valence-corrected chi connectivity index (χ2v) is 6.00. The molecule has 0 heterocycles. The first-order chi connectivity index (χ1) is 10.2. The molecule has 21 heavy (non-hydrogen) atoms. The first-order valence-electron chi connectivity index (χ1n) is 8.26. The molecule has 2 aliphatic rings. The van der Waals surface area contributed by atoms with Crippen LogP contribution in [0.2, 0.25) is 0 Å². The molecule has 0 saturated heterocycles. The van der Waals surface area contributed by atoms with Crippen LogP contribution < -0.4 is 5.32 Å². The van der Waals surface area contributed by atoms with Crippen molar-refractivity contribution in [2.45, 2.75) is 70.2 Å². The third-order valence-corrected chi connectivity index (χ3v) is 4.70. The van der Waals surface area contributed by atoms with Gasteiger partial charge in [0.15, 0.2) is 0 Å². The van der Waals surface area contributed by atoms with Gasteiger partial charge in [-0.2, -0.15) is 0 Å². The highest BCUT2D eigenvalue weighted by Crippen LogP contribution is 2.31. The minimum Gasteiger partial charge on any atom is -0.466 e. The summed E-state index contributed by atoms with van der Waals surface area (Å²) in [6.07, 6.45) is 5.34. The Morgan fingerprint density at radius 3 is 2.43 bits per heavy atom. The summed E-state index contributed by atoms with van der Waals surface area (Å²) in [5, 5.41) is 3.68. The summed E-state index contributed by atoms with van der Waals surface area (Å²) in [5.74, 6) is 0.0737. The van der Waals surface area contributed by atoms with E-state index in [0.717, 1.165) is 38.7 Å². The van der Waals surface area contributed by atoms with Gasteiger partial charge in [0.25, 0.3) is 0 Å². The Hall–Kier alpha value is -0.650. The van der Waals surface area contributed by atoms with Crippen molar-refractivity contribution in [3.63, 3.8) is 0 Å². The maximum Gasteiger partial charge on any atom is 0.308 e. The van der Waals surface area contributed by atoms with Crippen LogP contribution in [0, 0.1) is 5.92 Å². The molecule has 0 aromatic carbocycles. The number of methoxy groups -OCH3 is 1. The predicted octanol–water partition coefficient (Wildman–Crippen LogP) is 1.89. The molecule has 0 aromatic heterocycles. The lowest BCUT2D eigenvalue weighted by Crippen LogP contribution is -2.62. The van der Waals surface area contributed by atoms with Crippen LogP contribution in [0.15, 0.2) is 0 Å². The van der Waals surface area contributed by atoms with Crippen molar-refractivity contribution in [2.24, 2.45) is 5.92 Å². The zero-order valence-electron chi connectivity index (χ0n) is 13.5. The molecule has 5 nitrogen and oxygen atoms in total. The summed E-state index contributed by atoms with van der Waals surface area (Å²) >= 11 is 0. The maximum absolute atomic E-state index is 11.7. The van der Waals surface area contributed by atoms with Crippen molar-refractivity contribution in [2.75, 3.05) is 20.3 Å². The van der Waals surface area contributed by atoms with E-state index in [1.54, 1.807) is 7.11 Å². The molecule has 2 aliphatic carbocycles. The van der Waals surface area contributed by atoms with E-state index in [1.807, 2.05) is 13.8 Å². The van der Waals surface area contributed by atoms with Crippen LogP contribution in [0.4, 0.5) is 0 Å². The summed E-state index contributed by atoms with van der Waals surface area (Å²) in [6.45, 7) is 5.10. The Labute approximate surface area is 127 Å². The van der Waals surface area contributed by atoms with Crippen LogP contribution in [0.3, 0.4) is 0 Å². The molecule has 0 radical (unpaired) electrons. The van der Waals surface area contributed by atoms with E-state index < -0.39 is 0 Å². The standard InChI is InChI=1S/C16H29NO4/c1-4-20-14-10-13(15(14)19-3)17-12-8-6-11(7-9-12)16(18)21-5-2/h11-15,17H,4-10H2,1-3H3. The van der Waals surface area contributed by atoms with Gasteiger partial charge in [0.1, 0.15) is 0 Å². The first-order valence-corrected chi connectivity index (χ1v) is 8.26. The molecular formula is C16H29NO4. The van der Waals surface area contributed by atoms with Crippen molar-refractivity contribution in [1.82, 2.24) is 5.32 Å². The highest BCUT2D eigenvalue weighted by Gasteiger charge is 2.43. The monoisotopic (exact) mass is 299 g/mol. The van der Waals surface area contributed by atoms with E-state index in [-0.39, 0.29) is 24.1 Å². The second-order valence-electron chi connectivity index (χ2n) is 6.00. The molecule has 2 saturated carbocycles. The summed E-state index contributed by atoms with van der Waals surface area (Å²) in [4.78, 5) is 11.7. The van der Waals surface area contributed by atoms with Crippen LogP contribution in [0.25, 0.3) is 0 Å². The average molecular weight is 299 g/mol. The van der Waals surface area contributed by atoms with E-state index in [0.29, 0.717) is 18.7 Å². The fourth-order valence-corrected chi connectivity index (χ4v) is 3.50. The smallest absolute Gasteiger partial charge is 0.308 e. The van der Waals surface area contributed by atoms with Gasteiger partial charge in [-0.1, -0.05) is 0 Å². The Kier molecular flexibility index (Phi) is 6.45. The Morgan fingerprint density at radius 2 is 1.86 bits per heavy atom. The van der Waals surface area contributed by atoms with Crippen molar-refractivity contribution < 1.29 is 19.0 Å². The minimum atomic E-state index is -0.0224. The van der Waals surface area contributed by atoms with Crippen LogP contribution >= 0.6 is 0 Å². The average Bonchev–Trinajstić information content (AvgIpc) is 2.47. The summed E-state index contributed by atoms with van der Waals surface area (Å²) < 4.78 is 16.3. The molecule has 3 unspecified atom stereocenters. The number of hydrogen-bond donors (Lipinski definition) is 1. The first kappa shape index (κ1) is 16.7. The van der Waals surface area contributed by atoms with E-state index in [4.69, 9.17) is 14.2 Å². The summed E-state index contributed by atoms with van der Waals surface area (Å²) in [6, 6.07) is 0.872. The van der Waals surface area contributed by atoms with Gasteiger partial charge in [-0.05, 0) is 46.0 Å². The topological polar surface area (TPSA) is 56.8 Å². The van der Waals surface area contributed by atoms with E-state index in [1.165, 1.54) is 0 Å². The lowest BCUT2D eigenvalue weighted by atomic mass is 9.81. The zero-order chi connectivity index (χ0) is 15.2. The number of nitrogens with one attached hydrogen (secondary N) is 1. The van der Waals surface area contributed by atoms with Crippen molar-refractivity contribution in [3.05, 3.63) is 0 Å². The third-order valence-electron chi connectivity index (χ3n) is 4.70. The molecule has 0 bridgehead atoms. The van der Waals surface area contributed by atoms with Gasteiger partial charge in [0.2, 0.25) is 0 Å². The Morgan fingerprint density at radius 1 is 1.14 bits per heavy atom. The maximum atomic E-state index is 11.7. The summed E-state index contributed by atoms with van der Waals surface area (Å²) in [5.41, 5.74) is 0. The van der Waals surface area contributed by atoms with Gasteiger partial charge in [-0.25, -0.2) is 0 Å². The van der Waals surface area contributed by atoms with Crippen LogP contribution in [-0.4, -0.2) is 50.6 Å². The highest BCUT2D eigenvalue weighted by atomic mass is 16.5. The van der Waals surface area contributed by atoms with Gasteiger partial charge < -0.3 is 19.5 Å². The second kappa shape index (κ2) is 8.11. The van der Waals surface area contributed by atoms with Crippen LogP contribution in [0.5, 0.6) is 0 Å². The molecule has 5 heteroatoms. The molecular weight excluding hydrogens is 270 g/mol. The lowest BCUT2D eigenvalue weighted by molar-refractivity contribution is -0.149. The molecule has 3 atom stereocenters. The van der Waals surface area contributed by atoms with Crippen molar-refractivity contribution in [1.29, 1.82) is 0 Å². The molecule has 0 aliphatic heterocycles. The number of rotatable bonds is 7. The molecule has 0 aromatic rings. The van der Waals surface area contributed by atoms with Crippen molar-refractivity contribution >= 4 is 5.97 Å². The van der Waals surface area contributed by atoms with E-state index in [2.05, 4.69) is 5.32 Å². The third kappa shape index (κ3) is 4.18.